The highest BCUT2D eigenvalue weighted by molar-refractivity contribution is 9.10. The number of hydrogen-bond donors (Lipinski definition) is 0. The molecule has 0 spiro atoms. The third-order valence-electron chi connectivity index (χ3n) is 4.45. The van der Waals surface area contributed by atoms with Gasteiger partial charge in [-0.2, -0.15) is 0 Å². The van der Waals surface area contributed by atoms with Gasteiger partial charge in [0.15, 0.2) is 0 Å². The molecule has 0 saturated carbocycles. The molecule has 0 bridgehead atoms. The Bertz CT molecular complexity index is 425. The van der Waals surface area contributed by atoms with Crippen molar-refractivity contribution in [3.05, 3.63) is 33.8 Å². The van der Waals surface area contributed by atoms with Crippen LogP contribution in [0.4, 0.5) is 0 Å². The van der Waals surface area contributed by atoms with Crippen LogP contribution in [0.5, 0.6) is 0 Å². The zero-order chi connectivity index (χ0) is 12.5. The molecule has 2 aliphatic heterocycles. The van der Waals surface area contributed by atoms with E-state index >= 15 is 0 Å². The lowest BCUT2D eigenvalue weighted by Gasteiger charge is -2.40. The van der Waals surface area contributed by atoms with Crippen LogP contribution in [0.15, 0.2) is 22.7 Å². The fourth-order valence-corrected chi connectivity index (χ4v) is 3.77. The maximum Gasteiger partial charge on any atom is 0.0250 e. The van der Waals surface area contributed by atoms with Gasteiger partial charge in [-0.15, -0.1) is 0 Å². The highest BCUT2D eigenvalue weighted by atomic mass is 79.9. The van der Waals surface area contributed by atoms with Crippen molar-refractivity contribution in [1.29, 1.82) is 0 Å². The van der Waals surface area contributed by atoms with Crippen LogP contribution in [-0.2, 0) is 13.0 Å². The molecule has 1 saturated heterocycles. The zero-order valence-electron chi connectivity index (χ0n) is 11.0. The summed E-state index contributed by atoms with van der Waals surface area (Å²) in [5.74, 6) is 0. The van der Waals surface area contributed by atoms with Crippen molar-refractivity contribution in [2.75, 3.05) is 26.7 Å². The molecule has 0 atom stereocenters. The molecule has 18 heavy (non-hydrogen) atoms. The summed E-state index contributed by atoms with van der Waals surface area (Å²) in [5.41, 5.74) is 3.05. The topological polar surface area (TPSA) is 6.48 Å². The van der Waals surface area contributed by atoms with E-state index in [4.69, 9.17) is 0 Å². The maximum absolute atomic E-state index is 3.71. The Kier molecular flexibility index (Phi) is 3.73. The summed E-state index contributed by atoms with van der Waals surface area (Å²) < 4.78 is 1.29. The standard InChI is InChI=1S/C15H21BrN2/c1-17-8-6-13(7-9-17)18-10-5-12-3-2-4-15(16)14(12)11-18/h2-4,13H,5-11H2,1H3. The summed E-state index contributed by atoms with van der Waals surface area (Å²) in [7, 11) is 2.23. The second-order valence-electron chi connectivity index (χ2n) is 5.63. The highest BCUT2D eigenvalue weighted by Gasteiger charge is 2.26. The van der Waals surface area contributed by atoms with Crippen LogP contribution in [0.1, 0.15) is 24.0 Å². The lowest BCUT2D eigenvalue weighted by molar-refractivity contribution is 0.109. The molecule has 1 fully saturated rings. The predicted octanol–water partition coefficient (Wildman–Crippen LogP) is 2.90. The van der Waals surface area contributed by atoms with Crippen LogP contribution in [0.25, 0.3) is 0 Å². The molecule has 0 aromatic heterocycles. The monoisotopic (exact) mass is 308 g/mol. The Labute approximate surface area is 118 Å². The third-order valence-corrected chi connectivity index (χ3v) is 5.19. The average molecular weight is 309 g/mol. The van der Waals surface area contributed by atoms with E-state index < -0.39 is 0 Å². The molecule has 2 nitrogen and oxygen atoms in total. The molecule has 0 radical (unpaired) electrons. The zero-order valence-corrected chi connectivity index (χ0v) is 12.6. The van der Waals surface area contributed by atoms with Gasteiger partial charge in [-0.3, -0.25) is 4.90 Å². The van der Waals surface area contributed by atoms with E-state index in [0.29, 0.717) is 0 Å². The molecule has 3 heteroatoms. The van der Waals surface area contributed by atoms with Gasteiger partial charge in [0.2, 0.25) is 0 Å². The largest absolute Gasteiger partial charge is 0.306 e. The summed E-state index contributed by atoms with van der Waals surface area (Å²) in [5, 5.41) is 0. The molecule has 0 N–H and O–H groups in total. The Morgan fingerprint density at radius 1 is 1.17 bits per heavy atom. The van der Waals surface area contributed by atoms with E-state index in [1.54, 1.807) is 0 Å². The van der Waals surface area contributed by atoms with Gasteiger partial charge in [0.1, 0.15) is 0 Å². The molecule has 2 aliphatic rings. The van der Waals surface area contributed by atoms with E-state index in [1.807, 2.05) is 0 Å². The summed E-state index contributed by atoms with van der Waals surface area (Å²) in [6.07, 6.45) is 3.87. The number of halogens is 1. The maximum atomic E-state index is 3.71. The van der Waals surface area contributed by atoms with Gasteiger partial charge >= 0.3 is 0 Å². The molecule has 0 aliphatic carbocycles. The Morgan fingerprint density at radius 2 is 1.94 bits per heavy atom. The number of piperidine rings is 1. The summed E-state index contributed by atoms with van der Waals surface area (Å²) >= 11 is 3.71. The fourth-order valence-electron chi connectivity index (χ4n) is 3.23. The van der Waals surface area contributed by atoms with E-state index in [9.17, 15) is 0 Å². The number of benzene rings is 1. The highest BCUT2D eigenvalue weighted by Crippen LogP contribution is 2.29. The molecule has 0 unspecified atom stereocenters. The van der Waals surface area contributed by atoms with Crippen molar-refractivity contribution >= 4 is 15.9 Å². The van der Waals surface area contributed by atoms with Crippen molar-refractivity contribution in [2.45, 2.75) is 31.8 Å². The van der Waals surface area contributed by atoms with Crippen LogP contribution in [0.3, 0.4) is 0 Å². The number of hydrogen-bond acceptors (Lipinski definition) is 2. The van der Waals surface area contributed by atoms with Gasteiger partial charge in [0, 0.05) is 23.6 Å². The minimum atomic E-state index is 0.793. The molecule has 0 amide bonds. The first-order valence-corrected chi connectivity index (χ1v) is 7.72. The van der Waals surface area contributed by atoms with Crippen molar-refractivity contribution in [3.63, 3.8) is 0 Å². The molecule has 2 heterocycles. The first-order chi connectivity index (χ1) is 8.74. The Hall–Kier alpha value is -0.380. The van der Waals surface area contributed by atoms with Crippen LogP contribution >= 0.6 is 15.9 Å². The van der Waals surface area contributed by atoms with Crippen LogP contribution < -0.4 is 0 Å². The number of rotatable bonds is 1. The smallest absolute Gasteiger partial charge is 0.0250 e. The minimum Gasteiger partial charge on any atom is -0.306 e. The molecule has 3 rings (SSSR count). The summed E-state index contributed by atoms with van der Waals surface area (Å²) in [4.78, 5) is 5.14. The molecular formula is C15H21BrN2. The normalized spacial score (nSPS) is 23.0. The Balaban J connectivity index is 1.73. The van der Waals surface area contributed by atoms with Gasteiger partial charge in [0.25, 0.3) is 0 Å². The summed E-state index contributed by atoms with van der Waals surface area (Å²) in [6.45, 7) is 4.87. The first kappa shape index (κ1) is 12.6. The van der Waals surface area contributed by atoms with Gasteiger partial charge in [-0.05, 0) is 56.6 Å². The van der Waals surface area contributed by atoms with Gasteiger partial charge in [-0.1, -0.05) is 28.1 Å². The van der Waals surface area contributed by atoms with E-state index in [1.165, 1.54) is 54.5 Å². The second-order valence-corrected chi connectivity index (χ2v) is 6.49. The quantitative estimate of drug-likeness (QED) is 0.787. The number of likely N-dealkylation sites (tertiary alicyclic amines) is 1. The van der Waals surface area contributed by atoms with Crippen LogP contribution in [0, 0.1) is 0 Å². The average Bonchev–Trinajstić information content (AvgIpc) is 2.40. The van der Waals surface area contributed by atoms with Gasteiger partial charge in [-0.25, -0.2) is 0 Å². The second kappa shape index (κ2) is 5.32. The molecular weight excluding hydrogens is 288 g/mol. The SMILES string of the molecule is CN1CCC(N2CCc3cccc(Br)c3C2)CC1. The number of fused-ring (bicyclic) bond motifs is 1. The van der Waals surface area contributed by atoms with Crippen molar-refractivity contribution in [1.82, 2.24) is 9.80 Å². The van der Waals surface area contributed by atoms with Crippen molar-refractivity contribution < 1.29 is 0 Å². The number of nitrogens with zero attached hydrogens (tertiary/aromatic N) is 2. The third kappa shape index (κ3) is 2.49. The predicted molar refractivity (Wildman–Crippen MR) is 78.8 cm³/mol. The van der Waals surface area contributed by atoms with E-state index in [-0.39, 0.29) is 0 Å². The van der Waals surface area contributed by atoms with Gasteiger partial charge in [0.05, 0.1) is 0 Å². The van der Waals surface area contributed by atoms with Crippen LogP contribution in [-0.4, -0.2) is 42.5 Å². The first-order valence-electron chi connectivity index (χ1n) is 6.93. The lowest BCUT2D eigenvalue weighted by Crippen LogP contribution is -2.45. The molecule has 1 aromatic carbocycles. The van der Waals surface area contributed by atoms with Gasteiger partial charge < -0.3 is 4.90 Å². The van der Waals surface area contributed by atoms with E-state index in [0.717, 1.165) is 12.6 Å². The molecule has 98 valence electrons. The van der Waals surface area contributed by atoms with Crippen molar-refractivity contribution in [2.24, 2.45) is 0 Å². The van der Waals surface area contributed by atoms with E-state index in [2.05, 4.69) is 51.0 Å². The minimum absolute atomic E-state index is 0.793. The fraction of sp³-hybridized carbons (Fsp3) is 0.600. The summed E-state index contributed by atoms with van der Waals surface area (Å²) in [6, 6.07) is 7.42. The van der Waals surface area contributed by atoms with Crippen molar-refractivity contribution in [3.8, 4) is 0 Å². The molecule has 1 aromatic rings. The van der Waals surface area contributed by atoms with Crippen LogP contribution in [0.2, 0.25) is 0 Å². The lowest BCUT2D eigenvalue weighted by atomic mass is 9.95. The Morgan fingerprint density at radius 3 is 2.72 bits per heavy atom.